The van der Waals surface area contributed by atoms with Crippen LogP contribution in [-0.2, 0) is 9.59 Å². The Hall–Kier alpha value is -4.17. The van der Waals surface area contributed by atoms with Crippen LogP contribution in [-0.4, -0.2) is 35.8 Å². The van der Waals surface area contributed by atoms with E-state index in [2.05, 4.69) is 0 Å². The molecule has 0 aromatic heterocycles. The lowest BCUT2D eigenvalue weighted by molar-refractivity contribution is -0.132. The highest BCUT2D eigenvalue weighted by molar-refractivity contribution is 6.51. The fourth-order valence-electron chi connectivity index (χ4n) is 4.11. The van der Waals surface area contributed by atoms with Crippen molar-refractivity contribution in [2.45, 2.75) is 6.04 Å². The van der Waals surface area contributed by atoms with E-state index >= 15 is 0 Å². The summed E-state index contributed by atoms with van der Waals surface area (Å²) < 4.78 is 15.9. The lowest BCUT2D eigenvalue weighted by Crippen LogP contribution is -2.29. The number of ketones is 1. The van der Waals surface area contributed by atoms with Crippen molar-refractivity contribution in [2.24, 2.45) is 0 Å². The summed E-state index contributed by atoms with van der Waals surface area (Å²) in [5.74, 6) is -1.37. The summed E-state index contributed by atoms with van der Waals surface area (Å²) in [6.07, 6.45) is 0. The summed E-state index contributed by atoms with van der Waals surface area (Å²) in [4.78, 5) is 27.7. The van der Waals surface area contributed by atoms with Crippen LogP contribution < -0.4 is 19.1 Å². The van der Waals surface area contributed by atoms with Gasteiger partial charge in [-0.15, -0.1) is 0 Å². The molecule has 1 amide bonds. The molecule has 2 aliphatic rings. The zero-order valence-corrected chi connectivity index (χ0v) is 18.6. The number of ether oxygens (including phenoxy) is 3. The third-order valence-electron chi connectivity index (χ3n) is 5.71. The molecule has 3 aromatic rings. The second-order valence-electron chi connectivity index (χ2n) is 7.63. The van der Waals surface area contributed by atoms with Gasteiger partial charge in [0.15, 0.2) is 23.0 Å². The number of para-hydroxylation sites is 1. The summed E-state index contributed by atoms with van der Waals surface area (Å²) in [5.41, 5.74) is 0.946. The number of hydrogen-bond donors (Lipinski definition) is 2. The molecule has 1 unspecified atom stereocenters. The summed E-state index contributed by atoms with van der Waals surface area (Å²) >= 11 is 6.22. The van der Waals surface area contributed by atoms with Crippen LogP contribution in [0, 0.1) is 0 Å². The number of rotatable bonds is 4. The molecule has 0 aliphatic carbocycles. The lowest BCUT2D eigenvalue weighted by atomic mass is 9.94. The average Bonchev–Trinajstić information content (AvgIpc) is 3.43. The molecular formula is C25H18ClNO7. The Morgan fingerprint density at radius 2 is 1.79 bits per heavy atom. The number of phenols is 1. The Labute approximate surface area is 199 Å². The van der Waals surface area contributed by atoms with Crippen LogP contribution in [0.4, 0.5) is 5.69 Å². The Kier molecular flexibility index (Phi) is 5.30. The summed E-state index contributed by atoms with van der Waals surface area (Å²) in [6, 6.07) is 15.2. The Bertz CT molecular complexity index is 1350. The number of hydrogen-bond acceptors (Lipinski definition) is 7. The predicted octanol–water partition coefficient (Wildman–Crippen LogP) is 4.41. The number of aliphatic hydroxyl groups excluding tert-OH is 1. The first-order valence-corrected chi connectivity index (χ1v) is 10.6. The van der Waals surface area contributed by atoms with Crippen molar-refractivity contribution < 1.29 is 34.0 Å². The molecule has 34 heavy (non-hydrogen) atoms. The topological polar surface area (TPSA) is 106 Å². The Balaban J connectivity index is 1.74. The number of carbonyl (C=O) groups excluding carboxylic acids is 2. The summed E-state index contributed by atoms with van der Waals surface area (Å²) in [6.45, 7) is 0.0454. The van der Waals surface area contributed by atoms with Crippen molar-refractivity contribution in [3.63, 3.8) is 0 Å². The van der Waals surface area contributed by atoms with E-state index in [4.69, 9.17) is 25.8 Å². The minimum absolute atomic E-state index is 0.0314. The monoisotopic (exact) mass is 479 g/mol. The van der Waals surface area contributed by atoms with Crippen molar-refractivity contribution in [3.8, 4) is 23.0 Å². The SMILES string of the molecule is COc1cc(C2/C(=C(/O)c3ccc4c(c3)OCO4)C(=O)C(=O)N2c2ccccc2)cc(Cl)c1O. The average molecular weight is 480 g/mol. The van der Waals surface area contributed by atoms with Crippen LogP contribution in [0.15, 0.2) is 66.2 Å². The summed E-state index contributed by atoms with van der Waals surface area (Å²) in [7, 11) is 1.36. The Morgan fingerprint density at radius 3 is 2.53 bits per heavy atom. The molecule has 1 fully saturated rings. The quantitative estimate of drug-likeness (QED) is 0.324. The van der Waals surface area contributed by atoms with Gasteiger partial charge < -0.3 is 24.4 Å². The number of aliphatic hydroxyl groups is 1. The zero-order chi connectivity index (χ0) is 24.0. The zero-order valence-electron chi connectivity index (χ0n) is 17.8. The van der Waals surface area contributed by atoms with E-state index in [-0.39, 0.29) is 40.2 Å². The highest BCUT2D eigenvalue weighted by atomic mass is 35.5. The van der Waals surface area contributed by atoms with Crippen LogP contribution in [0.3, 0.4) is 0 Å². The number of carbonyl (C=O) groups is 2. The van der Waals surface area contributed by atoms with Crippen molar-refractivity contribution in [2.75, 3.05) is 18.8 Å². The van der Waals surface area contributed by atoms with Crippen LogP contribution in [0.1, 0.15) is 17.2 Å². The van der Waals surface area contributed by atoms with Gasteiger partial charge in [0.1, 0.15) is 5.76 Å². The van der Waals surface area contributed by atoms with E-state index in [9.17, 15) is 19.8 Å². The van der Waals surface area contributed by atoms with Gasteiger partial charge in [-0.05, 0) is 48.0 Å². The van der Waals surface area contributed by atoms with Gasteiger partial charge >= 0.3 is 0 Å². The molecule has 5 rings (SSSR count). The first-order valence-electron chi connectivity index (χ1n) is 10.2. The molecule has 172 valence electrons. The van der Waals surface area contributed by atoms with Gasteiger partial charge in [0.25, 0.3) is 11.7 Å². The van der Waals surface area contributed by atoms with Crippen molar-refractivity contribution in [1.82, 2.24) is 0 Å². The maximum atomic E-state index is 13.2. The molecule has 2 heterocycles. The minimum atomic E-state index is -1.04. The summed E-state index contributed by atoms with van der Waals surface area (Å²) in [5, 5.41) is 21.4. The molecule has 0 radical (unpaired) electrons. The molecular weight excluding hydrogens is 462 g/mol. The first kappa shape index (κ1) is 21.7. The number of benzene rings is 3. The largest absolute Gasteiger partial charge is 0.507 e. The molecule has 9 heteroatoms. The molecule has 3 aromatic carbocycles. The fraction of sp³-hybridized carbons (Fsp3) is 0.120. The third-order valence-corrected chi connectivity index (χ3v) is 6.00. The van der Waals surface area contributed by atoms with E-state index in [1.807, 2.05) is 0 Å². The second kappa shape index (κ2) is 8.31. The molecule has 1 atom stereocenters. The number of phenolic OH excluding ortho intramolecular Hbond substituents is 1. The molecule has 0 bridgehead atoms. The van der Waals surface area contributed by atoms with Crippen molar-refractivity contribution >= 4 is 34.7 Å². The van der Waals surface area contributed by atoms with Gasteiger partial charge in [-0.25, -0.2) is 0 Å². The number of aromatic hydroxyl groups is 1. The van der Waals surface area contributed by atoms with E-state index in [1.165, 1.54) is 30.2 Å². The van der Waals surface area contributed by atoms with Crippen molar-refractivity contribution in [1.29, 1.82) is 0 Å². The Morgan fingerprint density at radius 1 is 1.06 bits per heavy atom. The van der Waals surface area contributed by atoms with Gasteiger partial charge in [0.05, 0.1) is 23.7 Å². The number of nitrogens with zero attached hydrogens (tertiary/aromatic N) is 1. The van der Waals surface area contributed by atoms with Gasteiger partial charge in [0.2, 0.25) is 6.79 Å². The van der Waals surface area contributed by atoms with E-state index < -0.39 is 17.7 Å². The van der Waals surface area contributed by atoms with Gasteiger partial charge in [-0.1, -0.05) is 29.8 Å². The number of Topliss-reactive ketones (excluding diaryl/α,β-unsaturated/α-hetero) is 1. The fourth-order valence-corrected chi connectivity index (χ4v) is 4.33. The van der Waals surface area contributed by atoms with Crippen molar-refractivity contribution in [3.05, 3.63) is 82.4 Å². The number of halogens is 1. The van der Waals surface area contributed by atoms with Crippen LogP contribution in [0.2, 0.25) is 5.02 Å². The molecule has 2 aliphatic heterocycles. The van der Waals surface area contributed by atoms with Crippen LogP contribution in [0.5, 0.6) is 23.0 Å². The number of anilines is 1. The maximum Gasteiger partial charge on any atom is 0.300 e. The van der Waals surface area contributed by atoms with Crippen LogP contribution in [0.25, 0.3) is 5.76 Å². The minimum Gasteiger partial charge on any atom is -0.507 e. The second-order valence-corrected chi connectivity index (χ2v) is 8.03. The third kappa shape index (κ3) is 3.39. The molecule has 1 saturated heterocycles. The molecule has 0 spiro atoms. The molecule has 2 N–H and O–H groups in total. The van der Waals surface area contributed by atoms with E-state index in [0.29, 0.717) is 22.7 Å². The number of fused-ring (bicyclic) bond motifs is 1. The lowest BCUT2D eigenvalue weighted by Gasteiger charge is -2.26. The van der Waals surface area contributed by atoms with Crippen LogP contribution >= 0.6 is 11.6 Å². The number of methoxy groups -OCH3 is 1. The maximum absolute atomic E-state index is 13.2. The normalized spacial score (nSPS) is 18.4. The predicted molar refractivity (Wildman–Crippen MR) is 123 cm³/mol. The van der Waals surface area contributed by atoms with Gasteiger partial charge in [-0.2, -0.15) is 0 Å². The van der Waals surface area contributed by atoms with Gasteiger partial charge in [-0.3, -0.25) is 14.5 Å². The van der Waals surface area contributed by atoms with E-state index in [0.717, 1.165) is 0 Å². The first-order chi connectivity index (χ1) is 16.4. The van der Waals surface area contributed by atoms with Gasteiger partial charge in [0, 0.05) is 11.3 Å². The standard InChI is InChI=1S/C25H18ClNO7/c1-32-19-11-14(9-16(26)23(19)29)21-20(22(28)13-7-8-17-18(10-13)34-12-33-17)24(30)25(31)27(21)15-5-3-2-4-6-15/h2-11,21,28-29H,12H2,1H3/b22-20-. The molecule has 0 saturated carbocycles. The highest BCUT2D eigenvalue weighted by Crippen LogP contribution is 2.46. The number of amides is 1. The molecule has 8 nitrogen and oxygen atoms in total. The highest BCUT2D eigenvalue weighted by Gasteiger charge is 2.47. The van der Waals surface area contributed by atoms with E-state index in [1.54, 1.807) is 42.5 Å². The smallest absolute Gasteiger partial charge is 0.300 e.